The summed E-state index contributed by atoms with van der Waals surface area (Å²) in [4.78, 5) is 10.0. The summed E-state index contributed by atoms with van der Waals surface area (Å²) >= 11 is 0. The highest BCUT2D eigenvalue weighted by atomic mass is 15.3. The van der Waals surface area contributed by atoms with E-state index >= 15 is 0 Å². The van der Waals surface area contributed by atoms with Gasteiger partial charge in [0.25, 0.3) is 0 Å². The van der Waals surface area contributed by atoms with E-state index in [-0.39, 0.29) is 5.54 Å². The molecule has 21 heavy (non-hydrogen) atoms. The van der Waals surface area contributed by atoms with Gasteiger partial charge in [-0.2, -0.15) is 0 Å². The molecular formula is C16H35N5. The molecule has 5 heteroatoms. The second-order valence-corrected chi connectivity index (χ2v) is 7.22. The molecule has 2 aliphatic rings. The van der Waals surface area contributed by atoms with Gasteiger partial charge >= 0.3 is 0 Å². The summed E-state index contributed by atoms with van der Waals surface area (Å²) in [5.41, 5.74) is 6.50. The second kappa shape index (κ2) is 7.88. The smallest absolute Gasteiger partial charge is 0.0345 e. The molecule has 0 aromatic rings. The van der Waals surface area contributed by atoms with E-state index in [4.69, 9.17) is 5.73 Å². The van der Waals surface area contributed by atoms with Crippen LogP contribution < -0.4 is 5.73 Å². The molecule has 0 aromatic carbocycles. The van der Waals surface area contributed by atoms with Crippen molar-refractivity contribution < 1.29 is 0 Å². The van der Waals surface area contributed by atoms with E-state index in [0.29, 0.717) is 0 Å². The Labute approximate surface area is 131 Å². The minimum Gasteiger partial charge on any atom is -0.329 e. The average molecular weight is 297 g/mol. The van der Waals surface area contributed by atoms with Crippen LogP contribution in [0, 0.1) is 0 Å². The van der Waals surface area contributed by atoms with Gasteiger partial charge in [-0.05, 0) is 53.5 Å². The first-order valence-corrected chi connectivity index (χ1v) is 8.56. The lowest BCUT2D eigenvalue weighted by molar-refractivity contribution is 0.0254. The highest BCUT2D eigenvalue weighted by Crippen LogP contribution is 2.28. The van der Waals surface area contributed by atoms with Crippen LogP contribution in [0.2, 0.25) is 0 Å². The summed E-state index contributed by atoms with van der Waals surface area (Å²) in [6.45, 7) is 10.4. The van der Waals surface area contributed by atoms with Gasteiger partial charge in [-0.1, -0.05) is 0 Å². The number of piperazine rings is 1. The maximum atomic E-state index is 6.24. The molecule has 0 bridgehead atoms. The lowest BCUT2D eigenvalue weighted by Gasteiger charge is -2.47. The van der Waals surface area contributed by atoms with Crippen molar-refractivity contribution in [2.24, 2.45) is 5.73 Å². The lowest BCUT2D eigenvalue weighted by Crippen LogP contribution is -2.60. The molecule has 0 spiro atoms. The maximum absolute atomic E-state index is 6.24. The highest BCUT2D eigenvalue weighted by Gasteiger charge is 2.37. The Morgan fingerprint density at radius 3 is 2.33 bits per heavy atom. The number of nitrogens with two attached hydrogens (primary N) is 1. The molecule has 1 unspecified atom stereocenters. The van der Waals surface area contributed by atoms with Gasteiger partial charge < -0.3 is 15.5 Å². The van der Waals surface area contributed by atoms with E-state index in [1.807, 2.05) is 0 Å². The zero-order valence-corrected chi connectivity index (χ0v) is 14.4. The van der Waals surface area contributed by atoms with Crippen LogP contribution >= 0.6 is 0 Å². The van der Waals surface area contributed by atoms with E-state index in [2.05, 4.69) is 40.7 Å². The van der Waals surface area contributed by atoms with Gasteiger partial charge in [0.05, 0.1) is 0 Å². The van der Waals surface area contributed by atoms with E-state index in [0.717, 1.165) is 13.1 Å². The monoisotopic (exact) mass is 297 g/mol. The Hall–Kier alpha value is -0.200. The van der Waals surface area contributed by atoms with E-state index in [1.54, 1.807) is 0 Å². The third-order valence-corrected chi connectivity index (χ3v) is 5.43. The third-order valence-electron chi connectivity index (χ3n) is 5.43. The predicted molar refractivity (Wildman–Crippen MR) is 89.7 cm³/mol. The molecule has 0 aromatic heterocycles. The Kier molecular flexibility index (Phi) is 6.44. The standard InChI is InChI=1S/C16H35N5/c1-18(2)9-10-20-11-13-21(14-12-20)16(15-17)5-4-7-19(3)8-6-16/h4-15,17H2,1-3H3. The van der Waals surface area contributed by atoms with Crippen LogP contribution in [0.5, 0.6) is 0 Å². The first-order chi connectivity index (χ1) is 10.1. The number of nitrogens with zero attached hydrogens (tertiary/aromatic N) is 4. The normalized spacial score (nSPS) is 30.7. The van der Waals surface area contributed by atoms with Crippen LogP contribution in [0.25, 0.3) is 0 Å². The number of hydrogen-bond donors (Lipinski definition) is 1. The summed E-state index contributed by atoms with van der Waals surface area (Å²) in [6.07, 6.45) is 3.79. The molecule has 5 nitrogen and oxygen atoms in total. The summed E-state index contributed by atoms with van der Waals surface area (Å²) in [7, 11) is 6.55. The van der Waals surface area contributed by atoms with Crippen molar-refractivity contribution in [2.75, 3.05) is 80.0 Å². The fourth-order valence-electron chi connectivity index (χ4n) is 3.75. The van der Waals surface area contributed by atoms with Crippen LogP contribution in [-0.2, 0) is 0 Å². The van der Waals surface area contributed by atoms with Crippen LogP contribution in [0.15, 0.2) is 0 Å². The average Bonchev–Trinajstić information content (AvgIpc) is 2.68. The Balaban J connectivity index is 1.86. The van der Waals surface area contributed by atoms with Crippen molar-refractivity contribution in [1.82, 2.24) is 19.6 Å². The van der Waals surface area contributed by atoms with Crippen molar-refractivity contribution in [3.8, 4) is 0 Å². The molecule has 0 saturated carbocycles. The van der Waals surface area contributed by atoms with Crippen molar-refractivity contribution >= 4 is 0 Å². The largest absolute Gasteiger partial charge is 0.329 e. The van der Waals surface area contributed by atoms with Gasteiger partial charge in [-0.15, -0.1) is 0 Å². The SMILES string of the molecule is CN(C)CCN1CCN(C2(CN)CCCN(C)CC2)CC1. The van der Waals surface area contributed by atoms with Crippen LogP contribution in [-0.4, -0.2) is 105 Å². The van der Waals surface area contributed by atoms with Crippen molar-refractivity contribution in [3.63, 3.8) is 0 Å². The van der Waals surface area contributed by atoms with Crippen LogP contribution in [0.3, 0.4) is 0 Å². The molecule has 124 valence electrons. The number of likely N-dealkylation sites (N-methyl/N-ethyl adjacent to an activating group) is 1. The Morgan fingerprint density at radius 1 is 1.00 bits per heavy atom. The Morgan fingerprint density at radius 2 is 1.71 bits per heavy atom. The first-order valence-electron chi connectivity index (χ1n) is 8.56. The fraction of sp³-hybridized carbons (Fsp3) is 1.00. The lowest BCUT2D eigenvalue weighted by atomic mass is 9.87. The van der Waals surface area contributed by atoms with Crippen molar-refractivity contribution in [2.45, 2.75) is 24.8 Å². The predicted octanol–water partition coefficient (Wildman–Crippen LogP) is -0.0212. The quantitative estimate of drug-likeness (QED) is 0.772. The maximum Gasteiger partial charge on any atom is 0.0345 e. The zero-order valence-electron chi connectivity index (χ0n) is 14.4. The molecule has 2 aliphatic heterocycles. The molecule has 2 saturated heterocycles. The van der Waals surface area contributed by atoms with Gasteiger partial charge in [0.2, 0.25) is 0 Å². The molecule has 0 aliphatic carbocycles. The molecule has 2 rings (SSSR count). The summed E-state index contributed by atoms with van der Waals surface area (Å²) < 4.78 is 0. The molecule has 2 N–H and O–H groups in total. The Bertz CT molecular complexity index is 301. The molecule has 1 atom stereocenters. The number of hydrogen-bond acceptors (Lipinski definition) is 5. The zero-order chi connectivity index (χ0) is 15.3. The van der Waals surface area contributed by atoms with Gasteiger partial charge in [0.1, 0.15) is 0 Å². The molecule has 0 amide bonds. The summed E-state index contributed by atoms with van der Waals surface area (Å²) in [5, 5.41) is 0. The minimum atomic E-state index is 0.262. The number of likely N-dealkylation sites (tertiary alicyclic amines) is 1. The first kappa shape index (κ1) is 17.2. The van der Waals surface area contributed by atoms with Gasteiger partial charge in [0.15, 0.2) is 0 Å². The third kappa shape index (κ3) is 4.63. The minimum absolute atomic E-state index is 0.262. The van der Waals surface area contributed by atoms with E-state index in [1.165, 1.54) is 65.1 Å². The van der Waals surface area contributed by atoms with E-state index in [9.17, 15) is 0 Å². The number of rotatable bonds is 5. The molecular weight excluding hydrogens is 262 g/mol. The van der Waals surface area contributed by atoms with Gasteiger partial charge in [-0.25, -0.2) is 0 Å². The van der Waals surface area contributed by atoms with E-state index < -0.39 is 0 Å². The van der Waals surface area contributed by atoms with Gasteiger partial charge in [-0.3, -0.25) is 9.80 Å². The summed E-state index contributed by atoms with van der Waals surface area (Å²) in [6, 6.07) is 0. The molecule has 2 heterocycles. The van der Waals surface area contributed by atoms with Crippen LogP contribution in [0.4, 0.5) is 0 Å². The molecule has 0 radical (unpaired) electrons. The second-order valence-electron chi connectivity index (χ2n) is 7.22. The molecule has 2 fully saturated rings. The van der Waals surface area contributed by atoms with Crippen molar-refractivity contribution in [1.29, 1.82) is 0 Å². The topological polar surface area (TPSA) is 39.0 Å². The van der Waals surface area contributed by atoms with Crippen LogP contribution in [0.1, 0.15) is 19.3 Å². The van der Waals surface area contributed by atoms with Gasteiger partial charge in [0, 0.05) is 51.4 Å². The fourth-order valence-corrected chi connectivity index (χ4v) is 3.75. The summed E-state index contributed by atoms with van der Waals surface area (Å²) in [5.74, 6) is 0. The highest BCUT2D eigenvalue weighted by molar-refractivity contribution is 4.96. The van der Waals surface area contributed by atoms with Crippen molar-refractivity contribution in [3.05, 3.63) is 0 Å².